The second kappa shape index (κ2) is 5.54. The lowest BCUT2D eigenvalue weighted by Gasteiger charge is -1.95. The highest BCUT2D eigenvalue weighted by Gasteiger charge is 2.02. The van der Waals surface area contributed by atoms with Gasteiger partial charge in [0.05, 0.1) is 0 Å². The summed E-state index contributed by atoms with van der Waals surface area (Å²) in [5, 5.41) is 7.02. The standard InChI is InChI=1S/C12H13N3OS/c1-15-11(16)13-14-12(15)17-9-5-8-10-6-3-2-4-7-10/h2-8H,9H2,1H3,(H,13,16)/b8-5+. The van der Waals surface area contributed by atoms with Crippen LogP contribution in [0.25, 0.3) is 6.08 Å². The van der Waals surface area contributed by atoms with Gasteiger partial charge in [0, 0.05) is 12.8 Å². The molecular formula is C12H13N3OS. The first-order valence-electron chi connectivity index (χ1n) is 5.23. The van der Waals surface area contributed by atoms with E-state index in [2.05, 4.69) is 22.3 Å². The zero-order valence-electron chi connectivity index (χ0n) is 9.46. The maximum absolute atomic E-state index is 11.1. The van der Waals surface area contributed by atoms with Gasteiger partial charge in [0.15, 0.2) is 5.16 Å². The smallest absolute Gasteiger partial charge is 0.273 e. The number of aromatic nitrogens is 3. The monoisotopic (exact) mass is 247 g/mol. The molecule has 0 radical (unpaired) electrons. The lowest BCUT2D eigenvalue weighted by Crippen LogP contribution is -2.12. The third-order valence-electron chi connectivity index (χ3n) is 2.26. The molecule has 0 saturated heterocycles. The number of H-pyrrole nitrogens is 1. The van der Waals surface area contributed by atoms with Crippen molar-refractivity contribution in [2.24, 2.45) is 7.05 Å². The average molecular weight is 247 g/mol. The minimum Gasteiger partial charge on any atom is -0.273 e. The van der Waals surface area contributed by atoms with Gasteiger partial charge >= 0.3 is 5.69 Å². The van der Waals surface area contributed by atoms with Gasteiger partial charge < -0.3 is 0 Å². The first-order chi connectivity index (χ1) is 8.27. The number of hydrogen-bond acceptors (Lipinski definition) is 3. The van der Waals surface area contributed by atoms with Crippen LogP contribution in [0.5, 0.6) is 0 Å². The first-order valence-corrected chi connectivity index (χ1v) is 6.22. The molecule has 0 aliphatic rings. The topological polar surface area (TPSA) is 50.7 Å². The third-order valence-corrected chi connectivity index (χ3v) is 3.24. The van der Waals surface area contributed by atoms with E-state index in [0.717, 1.165) is 5.75 Å². The highest BCUT2D eigenvalue weighted by molar-refractivity contribution is 7.99. The summed E-state index contributed by atoms with van der Waals surface area (Å²) in [6.07, 6.45) is 4.11. The van der Waals surface area contributed by atoms with E-state index in [1.165, 1.54) is 21.9 Å². The van der Waals surface area contributed by atoms with Crippen LogP contribution < -0.4 is 5.69 Å². The second-order valence-electron chi connectivity index (χ2n) is 3.49. The molecule has 1 aromatic carbocycles. The van der Waals surface area contributed by atoms with Gasteiger partial charge in [-0.3, -0.25) is 4.57 Å². The van der Waals surface area contributed by atoms with Crippen molar-refractivity contribution in [3.8, 4) is 0 Å². The van der Waals surface area contributed by atoms with Crippen molar-refractivity contribution >= 4 is 17.8 Å². The normalized spacial score (nSPS) is 11.1. The minimum atomic E-state index is -0.181. The van der Waals surface area contributed by atoms with Gasteiger partial charge in [0.2, 0.25) is 0 Å². The molecule has 0 unspecified atom stereocenters. The van der Waals surface area contributed by atoms with E-state index in [9.17, 15) is 4.79 Å². The summed E-state index contributed by atoms with van der Waals surface area (Å²) in [4.78, 5) is 11.1. The molecule has 0 aliphatic heterocycles. The number of nitrogens with zero attached hydrogens (tertiary/aromatic N) is 2. The Hall–Kier alpha value is -1.75. The first kappa shape index (κ1) is 11.7. The van der Waals surface area contributed by atoms with E-state index in [1.54, 1.807) is 7.05 Å². The highest BCUT2D eigenvalue weighted by Crippen LogP contribution is 2.12. The highest BCUT2D eigenvalue weighted by atomic mass is 32.2. The molecule has 0 amide bonds. The Morgan fingerprint density at radius 1 is 1.41 bits per heavy atom. The number of hydrogen-bond donors (Lipinski definition) is 1. The van der Waals surface area contributed by atoms with E-state index >= 15 is 0 Å². The predicted octanol–water partition coefficient (Wildman–Crippen LogP) is 1.91. The fraction of sp³-hybridized carbons (Fsp3) is 0.167. The Morgan fingerprint density at radius 2 is 2.18 bits per heavy atom. The van der Waals surface area contributed by atoms with Crippen LogP contribution in [-0.2, 0) is 7.05 Å². The van der Waals surface area contributed by atoms with Gasteiger partial charge in [-0.15, -0.1) is 5.10 Å². The van der Waals surface area contributed by atoms with E-state index < -0.39 is 0 Å². The lowest BCUT2D eigenvalue weighted by atomic mass is 10.2. The summed E-state index contributed by atoms with van der Waals surface area (Å²) < 4.78 is 1.50. The molecule has 0 atom stereocenters. The third kappa shape index (κ3) is 3.10. The summed E-state index contributed by atoms with van der Waals surface area (Å²) >= 11 is 1.52. The van der Waals surface area contributed by atoms with E-state index in [-0.39, 0.29) is 5.69 Å². The molecule has 5 heteroatoms. The van der Waals surface area contributed by atoms with Crippen molar-refractivity contribution in [3.63, 3.8) is 0 Å². The Balaban J connectivity index is 1.90. The molecule has 88 valence electrons. The van der Waals surface area contributed by atoms with E-state index in [4.69, 9.17) is 0 Å². The van der Waals surface area contributed by atoms with Crippen molar-refractivity contribution in [3.05, 3.63) is 52.5 Å². The summed E-state index contributed by atoms with van der Waals surface area (Å²) in [5.74, 6) is 0.785. The number of benzene rings is 1. The molecule has 1 heterocycles. The molecule has 0 spiro atoms. The molecule has 2 rings (SSSR count). The summed E-state index contributed by atoms with van der Waals surface area (Å²) in [6, 6.07) is 10.1. The fourth-order valence-electron chi connectivity index (χ4n) is 1.33. The fourth-order valence-corrected chi connectivity index (χ4v) is 2.06. The number of aromatic amines is 1. The molecule has 0 bridgehead atoms. The molecule has 4 nitrogen and oxygen atoms in total. The van der Waals surface area contributed by atoms with Crippen LogP contribution >= 0.6 is 11.8 Å². The number of nitrogens with one attached hydrogen (secondary N) is 1. The molecule has 17 heavy (non-hydrogen) atoms. The Kier molecular flexibility index (Phi) is 3.82. The average Bonchev–Trinajstić information content (AvgIpc) is 2.67. The molecule has 1 aromatic heterocycles. The Morgan fingerprint density at radius 3 is 2.82 bits per heavy atom. The lowest BCUT2D eigenvalue weighted by molar-refractivity contribution is 0.766. The van der Waals surface area contributed by atoms with Crippen LogP contribution in [0.1, 0.15) is 5.56 Å². The Labute approximate surface area is 103 Å². The van der Waals surface area contributed by atoms with Crippen molar-refractivity contribution in [1.82, 2.24) is 14.8 Å². The predicted molar refractivity (Wildman–Crippen MR) is 70.0 cm³/mol. The number of rotatable bonds is 4. The van der Waals surface area contributed by atoms with Crippen LogP contribution in [0, 0.1) is 0 Å². The van der Waals surface area contributed by atoms with Gasteiger partial charge in [-0.1, -0.05) is 54.2 Å². The number of thioether (sulfide) groups is 1. The maximum Gasteiger partial charge on any atom is 0.343 e. The van der Waals surface area contributed by atoms with Crippen LogP contribution in [0.3, 0.4) is 0 Å². The summed E-state index contributed by atoms with van der Waals surface area (Å²) in [5.41, 5.74) is 0.989. The van der Waals surface area contributed by atoms with Crippen molar-refractivity contribution in [1.29, 1.82) is 0 Å². The van der Waals surface area contributed by atoms with Crippen LogP contribution in [-0.4, -0.2) is 20.5 Å². The van der Waals surface area contributed by atoms with Gasteiger partial charge in [-0.05, 0) is 5.56 Å². The summed E-state index contributed by atoms with van der Waals surface area (Å²) in [7, 11) is 1.70. The second-order valence-corrected chi connectivity index (χ2v) is 4.48. The Bertz CT molecular complexity index is 557. The zero-order valence-corrected chi connectivity index (χ0v) is 10.3. The molecule has 0 aliphatic carbocycles. The molecule has 2 aromatic rings. The molecule has 0 fully saturated rings. The SMILES string of the molecule is Cn1c(SC/C=C/c2ccccc2)n[nH]c1=O. The van der Waals surface area contributed by atoms with Gasteiger partial charge in [-0.2, -0.15) is 0 Å². The molecular weight excluding hydrogens is 234 g/mol. The van der Waals surface area contributed by atoms with Crippen LogP contribution in [0.4, 0.5) is 0 Å². The van der Waals surface area contributed by atoms with Gasteiger partial charge in [-0.25, -0.2) is 9.89 Å². The molecule has 1 N–H and O–H groups in total. The van der Waals surface area contributed by atoms with Crippen molar-refractivity contribution in [2.45, 2.75) is 5.16 Å². The minimum absolute atomic E-state index is 0.181. The largest absolute Gasteiger partial charge is 0.343 e. The summed E-state index contributed by atoms with van der Waals surface area (Å²) in [6.45, 7) is 0. The van der Waals surface area contributed by atoms with Gasteiger partial charge in [0.25, 0.3) is 0 Å². The van der Waals surface area contributed by atoms with Crippen molar-refractivity contribution < 1.29 is 0 Å². The maximum atomic E-state index is 11.1. The zero-order chi connectivity index (χ0) is 12.1. The van der Waals surface area contributed by atoms with Crippen LogP contribution in [0.2, 0.25) is 0 Å². The van der Waals surface area contributed by atoms with Gasteiger partial charge in [0.1, 0.15) is 0 Å². The quantitative estimate of drug-likeness (QED) is 0.840. The van der Waals surface area contributed by atoms with E-state index in [0.29, 0.717) is 5.16 Å². The molecule has 0 saturated carbocycles. The van der Waals surface area contributed by atoms with E-state index in [1.807, 2.05) is 30.3 Å². The van der Waals surface area contributed by atoms with Crippen molar-refractivity contribution in [2.75, 3.05) is 5.75 Å². The van der Waals surface area contributed by atoms with Crippen LogP contribution in [0.15, 0.2) is 46.4 Å².